The Bertz CT molecular complexity index is 424. The lowest BCUT2D eigenvalue weighted by molar-refractivity contribution is -0.467. The third-order valence-corrected chi connectivity index (χ3v) is 2.58. The Kier molecular flexibility index (Phi) is 1.80. The van der Waals surface area contributed by atoms with Gasteiger partial charge >= 0.3 is 0 Å². The summed E-state index contributed by atoms with van der Waals surface area (Å²) < 4.78 is 11.4. The third kappa shape index (κ3) is 1.63. The first kappa shape index (κ1) is 8.59. The van der Waals surface area contributed by atoms with Crippen molar-refractivity contribution in [3.63, 3.8) is 0 Å². The number of benzene rings is 1. The van der Waals surface area contributed by atoms with E-state index in [1.807, 2.05) is 18.2 Å². The maximum absolute atomic E-state index is 11.5. The summed E-state index contributed by atoms with van der Waals surface area (Å²) in [4.78, 5) is 0. The zero-order valence-corrected chi connectivity index (χ0v) is 8.18. The van der Waals surface area contributed by atoms with Gasteiger partial charge in [-0.25, -0.2) is 4.74 Å². The molecular formula is C11H11NO3. The summed E-state index contributed by atoms with van der Waals surface area (Å²) in [6.45, 7) is 0.266. The fraction of sp³-hybridized carbons (Fsp3) is 0.364. The number of fused-ring (bicyclic) bond motifs is 1. The maximum atomic E-state index is 11.5. The monoisotopic (exact) mass is 205 g/mol. The highest BCUT2D eigenvalue weighted by atomic mass is 16.7. The van der Waals surface area contributed by atoms with Crippen LogP contribution in [0.4, 0.5) is 0 Å². The van der Waals surface area contributed by atoms with Gasteiger partial charge in [-0.3, -0.25) is 0 Å². The molecule has 1 heterocycles. The molecule has 1 aliphatic carbocycles. The number of hydrogen-bond donors (Lipinski definition) is 0. The maximum Gasteiger partial charge on any atom is 0.231 e. The van der Waals surface area contributed by atoms with Gasteiger partial charge in [-0.05, 0) is 18.2 Å². The molecule has 0 N–H and O–H groups in total. The Morgan fingerprint density at radius 2 is 2.07 bits per heavy atom. The van der Waals surface area contributed by atoms with Crippen LogP contribution >= 0.6 is 0 Å². The van der Waals surface area contributed by atoms with Gasteiger partial charge in [0.15, 0.2) is 23.8 Å². The average molecular weight is 205 g/mol. The van der Waals surface area contributed by atoms with E-state index >= 15 is 0 Å². The molecule has 1 aromatic carbocycles. The molecule has 0 aromatic heterocycles. The van der Waals surface area contributed by atoms with E-state index in [4.69, 9.17) is 9.47 Å². The van der Waals surface area contributed by atoms with Gasteiger partial charge in [0, 0.05) is 18.4 Å². The molecule has 1 aliphatic heterocycles. The van der Waals surface area contributed by atoms with Crippen molar-refractivity contribution in [3.05, 3.63) is 29.0 Å². The Morgan fingerprint density at radius 1 is 1.27 bits per heavy atom. The molecule has 0 amide bonds. The predicted molar refractivity (Wildman–Crippen MR) is 54.4 cm³/mol. The lowest BCUT2D eigenvalue weighted by Gasteiger charge is -2.01. The van der Waals surface area contributed by atoms with Crippen LogP contribution in [0.15, 0.2) is 18.2 Å². The van der Waals surface area contributed by atoms with E-state index in [9.17, 15) is 5.21 Å². The topological polar surface area (TPSA) is 44.5 Å². The van der Waals surface area contributed by atoms with Crippen LogP contribution in [-0.4, -0.2) is 23.8 Å². The smallest absolute Gasteiger partial charge is 0.231 e. The summed E-state index contributed by atoms with van der Waals surface area (Å²) in [5.41, 5.74) is 0.862. The standard InChI is InChI=1S/C11H11NO3/c13-12(9-2-3-9)6-8-1-4-10-11(5-8)15-7-14-10/h1,4-6,9H,2-3,7H2/b12-6+. The summed E-state index contributed by atoms with van der Waals surface area (Å²) in [6, 6.07) is 5.71. The Labute approximate surface area is 87.3 Å². The minimum absolute atomic E-state index is 0.190. The van der Waals surface area contributed by atoms with E-state index in [0.29, 0.717) is 5.75 Å². The van der Waals surface area contributed by atoms with Gasteiger partial charge in [-0.15, -0.1) is 0 Å². The minimum Gasteiger partial charge on any atom is -0.624 e. The van der Waals surface area contributed by atoms with Gasteiger partial charge in [-0.1, -0.05) is 0 Å². The molecule has 1 fully saturated rings. The summed E-state index contributed by atoms with van der Waals surface area (Å²) >= 11 is 0. The molecule has 0 radical (unpaired) electrons. The van der Waals surface area contributed by atoms with Crippen LogP contribution < -0.4 is 9.47 Å². The van der Waals surface area contributed by atoms with Crippen LogP contribution in [0.3, 0.4) is 0 Å². The molecule has 4 nitrogen and oxygen atoms in total. The quantitative estimate of drug-likeness (QED) is 0.318. The molecule has 0 unspecified atom stereocenters. The Morgan fingerprint density at radius 3 is 2.87 bits per heavy atom. The molecule has 78 valence electrons. The van der Waals surface area contributed by atoms with Crippen LogP contribution in [0.1, 0.15) is 18.4 Å². The summed E-state index contributed by atoms with van der Waals surface area (Å²) in [7, 11) is 0. The summed E-state index contributed by atoms with van der Waals surface area (Å²) in [5, 5.41) is 11.5. The lowest BCUT2D eigenvalue weighted by atomic mass is 10.2. The molecule has 2 aliphatic rings. The van der Waals surface area contributed by atoms with Crippen molar-refractivity contribution in [1.82, 2.24) is 0 Å². The molecule has 0 bridgehead atoms. The summed E-state index contributed by atoms with van der Waals surface area (Å²) in [5.74, 6) is 1.46. The zero-order valence-electron chi connectivity index (χ0n) is 8.18. The van der Waals surface area contributed by atoms with Gasteiger partial charge in [0.05, 0.1) is 0 Å². The first-order valence-corrected chi connectivity index (χ1v) is 5.03. The van der Waals surface area contributed by atoms with Gasteiger partial charge in [0.2, 0.25) is 6.79 Å². The number of nitrogens with zero attached hydrogens (tertiary/aromatic N) is 1. The fourth-order valence-corrected chi connectivity index (χ4v) is 1.57. The number of hydroxylamine groups is 1. The zero-order chi connectivity index (χ0) is 10.3. The van der Waals surface area contributed by atoms with E-state index < -0.39 is 0 Å². The Balaban J connectivity index is 1.89. The molecule has 3 rings (SSSR count). The molecular weight excluding hydrogens is 194 g/mol. The first-order chi connectivity index (χ1) is 7.33. The van der Waals surface area contributed by atoms with Crippen LogP contribution in [0, 0.1) is 5.21 Å². The molecule has 1 aromatic rings. The predicted octanol–water partition coefficient (Wildman–Crippen LogP) is 1.51. The Hall–Kier alpha value is -1.71. The van der Waals surface area contributed by atoms with E-state index in [1.165, 1.54) is 0 Å². The normalized spacial score (nSPS) is 19.3. The fourth-order valence-electron chi connectivity index (χ4n) is 1.57. The van der Waals surface area contributed by atoms with Crippen LogP contribution in [0.5, 0.6) is 11.5 Å². The van der Waals surface area contributed by atoms with Crippen molar-refractivity contribution in [2.75, 3.05) is 6.79 Å². The highest BCUT2D eigenvalue weighted by Gasteiger charge is 2.29. The average Bonchev–Trinajstić information content (AvgIpc) is 2.98. The van der Waals surface area contributed by atoms with Crippen molar-refractivity contribution < 1.29 is 14.2 Å². The number of rotatable bonds is 2. The molecule has 15 heavy (non-hydrogen) atoms. The SMILES string of the molecule is [O-]/[N+](=C/c1ccc2c(c1)OCO2)C1CC1. The second-order valence-corrected chi connectivity index (χ2v) is 3.83. The summed E-state index contributed by atoms with van der Waals surface area (Å²) in [6.07, 6.45) is 3.62. The minimum atomic E-state index is 0.190. The molecule has 4 heteroatoms. The highest BCUT2D eigenvalue weighted by molar-refractivity contribution is 5.77. The van der Waals surface area contributed by atoms with E-state index in [1.54, 1.807) is 6.21 Å². The van der Waals surface area contributed by atoms with Crippen LogP contribution in [0.25, 0.3) is 0 Å². The third-order valence-electron chi connectivity index (χ3n) is 2.58. The number of ether oxygens (including phenoxy) is 2. The van der Waals surface area contributed by atoms with Crippen molar-refractivity contribution in [1.29, 1.82) is 0 Å². The lowest BCUT2D eigenvalue weighted by Crippen LogP contribution is -2.07. The van der Waals surface area contributed by atoms with Gasteiger partial charge in [0.25, 0.3) is 0 Å². The number of hydrogen-bond acceptors (Lipinski definition) is 3. The van der Waals surface area contributed by atoms with Crippen molar-refractivity contribution in [3.8, 4) is 11.5 Å². The van der Waals surface area contributed by atoms with E-state index in [0.717, 1.165) is 28.9 Å². The molecule has 0 atom stereocenters. The van der Waals surface area contributed by atoms with E-state index in [2.05, 4.69) is 0 Å². The molecule has 0 saturated heterocycles. The van der Waals surface area contributed by atoms with E-state index in [-0.39, 0.29) is 12.8 Å². The highest BCUT2D eigenvalue weighted by Crippen LogP contribution is 2.32. The van der Waals surface area contributed by atoms with Crippen molar-refractivity contribution in [2.45, 2.75) is 18.9 Å². The van der Waals surface area contributed by atoms with Gasteiger partial charge in [0.1, 0.15) is 0 Å². The first-order valence-electron chi connectivity index (χ1n) is 5.03. The van der Waals surface area contributed by atoms with Crippen LogP contribution in [0.2, 0.25) is 0 Å². The second-order valence-electron chi connectivity index (χ2n) is 3.83. The second kappa shape index (κ2) is 3.15. The van der Waals surface area contributed by atoms with Crippen molar-refractivity contribution in [2.24, 2.45) is 0 Å². The van der Waals surface area contributed by atoms with Gasteiger partial charge < -0.3 is 14.7 Å². The molecule has 0 spiro atoms. The van der Waals surface area contributed by atoms with Crippen molar-refractivity contribution >= 4 is 6.21 Å². The van der Waals surface area contributed by atoms with Crippen LogP contribution in [-0.2, 0) is 0 Å². The molecule has 1 saturated carbocycles. The van der Waals surface area contributed by atoms with Gasteiger partial charge in [-0.2, -0.15) is 0 Å². The largest absolute Gasteiger partial charge is 0.624 e.